The number of nitro groups is 1. The van der Waals surface area contributed by atoms with Crippen molar-refractivity contribution in [3.8, 4) is 0 Å². The number of hydrogen-bond acceptors (Lipinski definition) is 6. The molecule has 0 aromatic heterocycles. The number of aliphatic hydroxyl groups is 1. The Hall–Kier alpha value is -2.41. The molecule has 0 aliphatic carbocycles. The van der Waals surface area contributed by atoms with Crippen molar-refractivity contribution in [3.05, 3.63) is 57.4 Å². The number of ketones is 1. The molecule has 1 rings (SSSR count). The Morgan fingerprint density at radius 1 is 1.29 bits per heavy atom. The Balaban J connectivity index is 3.04. The van der Waals surface area contributed by atoms with Crippen molar-refractivity contribution in [1.82, 2.24) is 0 Å². The summed E-state index contributed by atoms with van der Waals surface area (Å²) in [5.41, 5.74) is 0.265. The predicted molar refractivity (Wildman–Crippen MR) is 81.0 cm³/mol. The van der Waals surface area contributed by atoms with Gasteiger partial charge >= 0.3 is 0 Å². The van der Waals surface area contributed by atoms with E-state index >= 15 is 0 Å². The zero-order valence-corrected chi connectivity index (χ0v) is 12.2. The van der Waals surface area contributed by atoms with Gasteiger partial charge in [0, 0.05) is 12.1 Å². The maximum absolute atomic E-state index is 11.5. The second-order valence-electron chi connectivity index (χ2n) is 3.99. The van der Waals surface area contributed by atoms with E-state index in [1.807, 2.05) is 0 Å². The second-order valence-corrected chi connectivity index (χ2v) is 4.77. The average Bonchev–Trinajstić information content (AvgIpc) is 2.45. The highest BCUT2D eigenvalue weighted by Gasteiger charge is 2.17. The van der Waals surface area contributed by atoms with Crippen LogP contribution in [-0.2, 0) is 9.59 Å². The van der Waals surface area contributed by atoms with Crippen LogP contribution in [-0.4, -0.2) is 27.2 Å². The Labute approximate surface area is 125 Å². The standard InChI is InChI=1S/C14H13NO5S/c1-9(16)13(14(18)21-2)12(17)8-5-10-3-6-11(7-4-10)15(19)20/h3-8,17H,1-2H3/b8-5+,13-12+. The minimum Gasteiger partial charge on any atom is -0.507 e. The van der Waals surface area contributed by atoms with Crippen molar-refractivity contribution in [2.24, 2.45) is 0 Å². The molecule has 6 nitrogen and oxygen atoms in total. The Morgan fingerprint density at radius 2 is 1.86 bits per heavy atom. The smallest absolute Gasteiger partial charge is 0.269 e. The zero-order valence-electron chi connectivity index (χ0n) is 11.4. The van der Waals surface area contributed by atoms with E-state index < -0.39 is 21.6 Å². The number of carbonyl (C=O) groups excluding carboxylic acids is 2. The lowest BCUT2D eigenvalue weighted by Gasteiger charge is -2.01. The fourth-order valence-corrected chi connectivity index (χ4v) is 1.95. The van der Waals surface area contributed by atoms with Gasteiger partial charge in [0.05, 0.1) is 4.92 Å². The van der Waals surface area contributed by atoms with Gasteiger partial charge < -0.3 is 5.11 Å². The van der Waals surface area contributed by atoms with Crippen LogP contribution in [0, 0.1) is 10.1 Å². The fraction of sp³-hybridized carbons (Fsp3) is 0.143. The molecule has 0 saturated heterocycles. The number of aliphatic hydroxyl groups excluding tert-OH is 1. The van der Waals surface area contributed by atoms with E-state index in [-0.39, 0.29) is 11.3 Å². The summed E-state index contributed by atoms with van der Waals surface area (Å²) in [4.78, 5) is 32.9. The van der Waals surface area contributed by atoms with Gasteiger partial charge in [-0.05, 0) is 37.0 Å². The molecule has 0 fully saturated rings. The molecule has 0 unspecified atom stereocenters. The zero-order chi connectivity index (χ0) is 16.0. The number of non-ortho nitro benzene ring substituents is 1. The third-order valence-electron chi connectivity index (χ3n) is 2.54. The van der Waals surface area contributed by atoms with E-state index in [1.54, 1.807) is 0 Å². The van der Waals surface area contributed by atoms with Gasteiger partial charge in [-0.15, -0.1) is 0 Å². The first-order valence-electron chi connectivity index (χ1n) is 5.82. The normalized spacial score (nSPS) is 12.1. The van der Waals surface area contributed by atoms with E-state index in [0.29, 0.717) is 5.56 Å². The number of nitro benzene ring substituents is 1. The lowest BCUT2D eigenvalue weighted by atomic mass is 10.1. The van der Waals surface area contributed by atoms with Crippen LogP contribution in [0.3, 0.4) is 0 Å². The van der Waals surface area contributed by atoms with Crippen LogP contribution in [0.15, 0.2) is 41.7 Å². The molecule has 0 saturated carbocycles. The fourth-order valence-electron chi connectivity index (χ4n) is 1.50. The number of allylic oxidation sites excluding steroid dienone is 1. The van der Waals surface area contributed by atoms with E-state index in [2.05, 4.69) is 0 Å². The van der Waals surface area contributed by atoms with Gasteiger partial charge in [0.1, 0.15) is 11.3 Å². The van der Waals surface area contributed by atoms with Gasteiger partial charge in [-0.1, -0.05) is 17.8 Å². The highest BCUT2D eigenvalue weighted by Crippen LogP contribution is 2.16. The van der Waals surface area contributed by atoms with Crippen LogP contribution < -0.4 is 0 Å². The van der Waals surface area contributed by atoms with Crippen molar-refractivity contribution >= 4 is 34.4 Å². The lowest BCUT2D eigenvalue weighted by Crippen LogP contribution is -2.09. The van der Waals surface area contributed by atoms with Crippen LogP contribution in [0.25, 0.3) is 6.08 Å². The van der Waals surface area contributed by atoms with Gasteiger partial charge in [-0.2, -0.15) is 0 Å². The monoisotopic (exact) mass is 307 g/mol. The Kier molecular flexibility index (Phi) is 5.86. The topological polar surface area (TPSA) is 97.5 Å². The van der Waals surface area contributed by atoms with Crippen LogP contribution in [0.5, 0.6) is 0 Å². The number of benzene rings is 1. The third kappa shape index (κ3) is 4.57. The van der Waals surface area contributed by atoms with Gasteiger partial charge in [0.15, 0.2) is 5.78 Å². The molecular formula is C14H13NO5S. The van der Waals surface area contributed by atoms with E-state index in [1.165, 1.54) is 49.6 Å². The quantitative estimate of drug-likeness (QED) is 0.171. The van der Waals surface area contributed by atoms with Crippen molar-refractivity contribution in [2.45, 2.75) is 6.92 Å². The summed E-state index contributed by atoms with van der Waals surface area (Å²) in [5.74, 6) is -0.958. The summed E-state index contributed by atoms with van der Waals surface area (Å²) < 4.78 is 0. The molecule has 7 heteroatoms. The van der Waals surface area contributed by atoms with Crippen LogP contribution in [0.2, 0.25) is 0 Å². The number of thioether (sulfide) groups is 1. The molecule has 1 N–H and O–H groups in total. The summed E-state index contributed by atoms with van der Waals surface area (Å²) in [6.45, 7) is 1.19. The molecule has 0 heterocycles. The first-order chi connectivity index (χ1) is 9.86. The molecule has 0 spiro atoms. The van der Waals surface area contributed by atoms with Crippen LogP contribution in [0.1, 0.15) is 12.5 Å². The van der Waals surface area contributed by atoms with Crippen molar-refractivity contribution in [3.63, 3.8) is 0 Å². The molecule has 1 aromatic rings. The SMILES string of the molecule is CSC(=O)/C(C(C)=O)=C(O)\C=C\c1ccc([N+](=O)[O-])cc1. The third-order valence-corrected chi connectivity index (χ3v) is 3.11. The number of nitrogens with zero attached hydrogens (tertiary/aromatic N) is 1. The van der Waals surface area contributed by atoms with E-state index in [4.69, 9.17) is 0 Å². The summed E-state index contributed by atoms with van der Waals surface area (Å²) >= 11 is 0.830. The predicted octanol–water partition coefficient (Wildman–Crippen LogP) is 2.90. The molecule has 0 bridgehead atoms. The molecule has 0 aliphatic heterocycles. The first-order valence-corrected chi connectivity index (χ1v) is 7.04. The molecule has 0 amide bonds. The Bertz CT molecular complexity index is 631. The van der Waals surface area contributed by atoms with Gasteiger partial charge in [-0.25, -0.2) is 0 Å². The molecule has 110 valence electrons. The average molecular weight is 307 g/mol. The van der Waals surface area contributed by atoms with Crippen molar-refractivity contribution in [1.29, 1.82) is 0 Å². The van der Waals surface area contributed by atoms with Crippen LogP contribution >= 0.6 is 11.8 Å². The highest BCUT2D eigenvalue weighted by atomic mass is 32.2. The minimum absolute atomic E-state index is 0.0473. The first kappa shape index (κ1) is 16.6. The lowest BCUT2D eigenvalue weighted by molar-refractivity contribution is -0.384. The molecular weight excluding hydrogens is 294 g/mol. The van der Waals surface area contributed by atoms with Crippen LogP contribution in [0.4, 0.5) is 5.69 Å². The largest absolute Gasteiger partial charge is 0.507 e. The molecule has 21 heavy (non-hydrogen) atoms. The maximum atomic E-state index is 11.5. The summed E-state index contributed by atoms with van der Waals surface area (Å²) in [6.07, 6.45) is 4.18. The number of carbonyl (C=O) groups is 2. The Morgan fingerprint density at radius 3 is 2.29 bits per heavy atom. The summed E-state index contributed by atoms with van der Waals surface area (Å²) in [5, 5.41) is 19.8. The molecule has 1 aromatic carbocycles. The summed E-state index contributed by atoms with van der Waals surface area (Å²) in [6, 6.07) is 5.62. The van der Waals surface area contributed by atoms with E-state index in [9.17, 15) is 24.8 Å². The second kappa shape index (κ2) is 7.39. The summed E-state index contributed by atoms with van der Waals surface area (Å²) in [7, 11) is 0. The molecule has 0 aliphatic rings. The van der Waals surface area contributed by atoms with Gasteiger partial charge in [0.25, 0.3) is 5.69 Å². The minimum atomic E-state index is -0.528. The molecule has 0 radical (unpaired) electrons. The molecule has 0 atom stereocenters. The van der Waals surface area contributed by atoms with E-state index in [0.717, 1.165) is 11.8 Å². The van der Waals surface area contributed by atoms with Gasteiger partial charge in [-0.3, -0.25) is 19.7 Å². The number of hydrogen-bond donors (Lipinski definition) is 1. The highest BCUT2D eigenvalue weighted by molar-refractivity contribution is 8.13. The number of Topliss-reactive ketones (excluding diaryl/α,β-unsaturated/α-hetero) is 1. The maximum Gasteiger partial charge on any atom is 0.269 e. The number of rotatable bonds is 5. The van der Waals surface area contributed by atoms with Gasteiger partial charge in [0.2, 0.25) is 5.12 Å². The van der Waals surface area contributed by atoms with Crippen molar-refractivity contribution in [2.75, 3.05) is 6.26 Å². The van der Waals surface area contributed by atoms with Crippen molar-refractivity contribution < 1.29 is 19.6 Å².